The van der Waals surface area contributed by atoms with Crippen molar-refractivity contribution in [2.24, 2.45) is 0 Å². The fourth-order valence-electron chi connectivity index (χ4n) is 2.86. The molecule has 0 aliphatic carbocycles. The summed E-state index contributed by atoms with van der Waals surface area (Å²) in [4.78, 5) is 13.6. The van der Waals surface area contributed by atoms with E-state index in [1.807, 2.05) is 13.1 Å². The maximum absolute atomic E-state index is 4.57. The predicted molar refractivity (Wildman–Crippen MR) is 87.1 cm³/mol. The minimum Gasteiger partial charge on any atom is -0.368 e. The molecule has 1 aliphatic rings. The molecule has 1 fully saturated rings. The van der Waals surface area contributed by atoms with Crippen molar-refractivity contribution in [3.63, 3.8) is 0 Å². The average molecular weight is 282 g/mol. The molecule has 1 aromatic carbocycles. The maximum atomic E-state index is 4.57. The molecule has 0 bridgehead atoms. The Morgan fingerprint density at radius 1 is 0.905 bits per heavy atom. The Labute approximate surface area is 126 Å². The Balaban J connectivity index is 1.72. The Bertz CT molecular complexity index is 630. The van der Waals surface area contributed by atoms with E-state index in [-0.39, 0.29) is 0 Å². The van der Waals surface area contributed by atoms with Crippen molar-refractivity contribution >= 4 is 11.5 Å². The Morgan fingerprint density at radius 2 is 1.62 bits per heavy atom. The summed E-state index contributed by atoms with van der Waals surface area (Å²) in [6.07, 6.45) is 3.66. The Morgan fingerprint density at radius 3 is 2.33 bits per heavy atom. The van der Waals surface area contributed by atoms with Crippen molar-refractivity contribution in [3.8, 4) is 0 Å². The average Bonchev–Trinajstić information content (AvgIpc) is 2.50. The van der Waals surface area contributed by atoms with Crippen molar-refractivity contribution in [1.29, 1.82) is 0 Å². The highest BCUT2D eigenvalue weighted by Crippen LogP contribution is 2.24. The van der Waals surface area contributed by atoms with E-state index in [1.165, 1.54) is 16.8 Å². The van der Waals surface area contributed by atoms with Gasteiger partial charge in [-0.2, -0.15) is 0 Å². The number of aryl methyl sites for hydroxylation is 2. The monoisotopic (exact) mass is 282 g/mol. The van der Waals surface area contributed by atoms with Crippen LogP contribution in [0.4, 0.5) is 11.5 Å². The van der Waals surface area contributed by atoms with Crippen LogP contribution in [0.3, 0.4) is 0 Å². The Kier molecular flexibility index (Phi) is 3.78. The van der Waals surface area contributed by atoms with E-state index in [0.29, 0.717) is 0 Å². The van der Waals surface area contributed by atoms with Gasteiger partial charge in [-0.05, 0) is 38.0 Å². The van der Waals surface area contributed by atoms with Crippen molar-refractivity contribution < 1.29 is 0 Å². The van der Waals surface area contributed by atoms with Crippen LogP contribution in [0.25, 0.3) is 0 Å². The van der Waals surface area contributed by atoms with E-state index >= 15 is 0 Å². The molecular weight excluding hydrogens is 260 g/mol. The van der Waals surface area contributed by atoms with Crippen LogP contribution in [0.5, 0.6) is 0 Å². The number of hydrogen-bond acceptors (Lipinski definition) is 4. The zero-order chi connectivity index (χ0) is 14.8. The third-order valence-electron chi connectivity index (χ3n) is 4.26. The van der Waals surface area contributed by atoms with Crippen LogP contribution in [0.1, 0.15) is 16.8 Å². The second kappa shape index (κ2) is 5.72. The number of piperazine rings is 1. The summed E-state index contributed by atoms with van der Waals surface area (Å²) in [6.45, 7) is 10.4. The van der Waals surface area contributed by atoms with Gasteiger partial charge in [0.1, 0.15) is 5.82 Å². The number of benzene rings is 1. The van der Waals surface area contributed by atoms with E-state index < -0.39 is 0 Å². The third kappa shape index (κ3) is 2.84. The molecule has 2 heterocycles. The molecule has 1 aromatic heterocycles. The van der Waals surface area contributed by atoms with Crippen molar-refractivity contribution in [2.75, 3.05) is 36.0 Å². The van der Waals surface area contributed by atoms with Crippen LogP contribution in [0, 0.1) is 20.8 Å². The lowest BCUT2D eigenvalue weighted by Gasteiger charge is -2.37. The molecule has 1 aliphatic heterocycles. The van der Waals surface area contributed by atoms with Gasteiger partial charge in [0.05, 0.1) is 11.9 Å². The topological polar surface area (TPSA) is 32.3 Å². The molecule has 0 radical (unpaired) electrons. The lowest BCUT2D eigenvalue weighted by molar-refractivity contribution is 0.644. The first kappa shape index (κ1) is 13.9. The molecule has 21 heavy (non-hydrogen) atoms. The highest BCUT2D eigenvalue weighted by molar-refractivity contribution is 5.57. The largest absolute Gasteiger partial charge is 0.368 e. The smallest absolute Gasteiger partial charge is 0.147 e. The molecule has 0 N–H and O–H groups in total. The van der Waals surface area contributed by atoms with Gasteiger partial charge in [0, 0.05) is 38.1 Å². The van der Waals surface area contributed by atoms with Crippen molar-refractivity contribution in [2.45, 2.75) is 20.8 Å². The number of hydrogen-bond donors (Lipinski definition) is 0. The summed E-state index contributed by atoms with van der Waals surface area (Å²) in [7, 11) is 0. The highest BCUT2D eigenvalue weighted by Gasteiger charge is 2.19. The zero-order valence-corrected chi connectivity index (χ0v) is 13.0. The minimum atomic E-state index is 0.976. The quantitative estimate of drug-likeness (QED) is 0.848. The number of anilines is 2. The first-order valence-corrected chi connectivity index (χ1v) is 7.50. The van der Waals surface area contributed by atoms with Gasteiger partial charge in [-0.1, -0.05) is 12.1 Å². The molecular formula is C17H22N4. The van der Waals surface area contributed by atoms with Crippen LogP contribution in [-0.4, -0.2) is 36.1 Å². The minimum absolute atomic E-state index is 0.976. The normalized spacial score (nSPS) is 15.4. The SMILES string of the molecule is Cc1cncc(N2CCN(c3cccc(C)c3C)CC2)n1. The fraction of sp³-hybridized carbons (Fsp3) is 0.412. The van der Waals surface area contributed by atoms with Crippen molar-refractivity contribution in [1.82, 2.24) is 9.97 Å². The van der Waals surface area contributed by atoms with E-state index in [0.717, 1.165) is 37.7 Å². The van der Waals surface area contributed by atoms with Crippen LogP contribution in [0.2, 0.25) is 0 Å². The van der Waals surface area contributed by atoms with Gasteiger partial charge in [0.15, 0.2) is 0 Å². The van der Waals surface area contributed by atoms with Gasteiger partial charge < -0.3 is 9.80 Å². The summed E-state index contributed by atoms with van der Waals surface area (Å²) in [5.41, 5.74) is 5.09. The van der Waals surface area contributed by atoms with Gasteiger partial charge in [0.25, 0.3) is 0 Å². The number of aromatic nitrogens is 2. The van der Waals surface area contributed by atoms with E-state index in [1.54, 1.807) is 6.20 Å². The second-order valence-corrected chi connectivity index (χ2v) is 5.71. The second-order valence-electron chi connectivity index (χ2n) is 5.71. The van der Waals surface area contributed by atoms with E-state index in [2.05, 4.69) is 51.8 Å². The highest BCUT2D eigenvalue weighted by atomic mass is 15.3. The third-order valence-corrected chi connectivity index (χ3v) is 4.26. The fourth-order valence-corrected chi connectivity index (χ4v) is 2.86. The summed E-state index contributed by atoms with van der Waals surface area (Å²) in [5, 5.41) is 0. The lowest BCUT2D eigenvalue weighted by atomic mass is 10.1. The standard InChI is InChI=1S/C17H22N4/c1-13-5-4-6-16(15(13)3)20-7-9-21(10-8-20)17-12-18-11-14(2)19-17/h4-6,11-12H,7-10H2,1-3H3. The van der Waals surface area contributed by atoms with Crippen LogP contribution < -0.4 is 9.80 Å². The molecule has 0 unspecified atom stereocenters. The summed E-state index contributed by atoms with van der Waals surface area (Å²) in [6, 6.07) is 6.55. The molecule has 0 saturated carbocycles. The summed E-state index contributed by atoms with van der Waals surface area (Å²) in [5.74, 6) is 0.996. The van der Waals surface area contributed by atoms with E-state index in [9.17, 15) is 0 Å². The first-order chi connectivity index (χ1) is 10.1. The van der Waals surface area contributed by atoms with Gasteiger partial charge in [-0.3, -0.25) is 4.98 Å². The molecule has 0 amide bonds. The lowest BCUT2D eigenvalue weighted by Crippen LogP contribution is -2.47. The molecule has 4 heteroatoms. The predicted octanol–water partition coefficient (Wildman–Crippen LogP) is 2.73. The zero-order valence-electron chi connectivity index (χ0n) is 13.0. The van der Waals surface area contributed by atoms with Crippen LogP contribution >= 0.6 is 0 Å². The van der Waals surface area contributed by atoms with Gasteiger partial charge in [0.2, 0.25) is 0 Å². The van der Waals surface area contributed by atoms with Gasteiger partial charge >= 0.3 is 0 Å². The van der Waals surface area contributed by atoms with E-state index in [4.69, 9.17) is 0 Å². The molecule has 1 saturated heterocycles. The molecule has 110 valence electrons. The van der Waals surface area contributed by atoms with Crippen LogP contribution in [0.15, 0.2) is 30.6 Å². The Hall–Kier alpha value is -2.10. The van der Waals surface area contributed by atoms with Gasteiger partial charge in [-0.15, -0.1) is 0 Å². The van der Waals surface area contributed by atoms with Crippen LogP contribution in [-0.2, 0) is 0 Å². The van der Waals surface area contributed by atoms with Crippen molar-refractivity contribution in [3.05, 3.63) is 47.4 Å². The molecule has 2 aromatic rings. The summed E-state index contributed by atoms with van der Waals surface area (Å²) >= 11 is 0. The molecule has 0 atom stereocenters. The molecule has 0 spiro atoms. The van der Waals surface area contributed by atoms with Gasteiger partial charge in [-0.25, -0.2) is 4.98 Å². The number of rotatable bonds is 2. The molecule has 4 nitrogen and oxygen atoms in total. The molecule has 3 rings (SSSR count). The number of nitrogens with zero attached hydrogens (tertiary/aromatic N) is 4. The first-order valence-electron chi connectivity index (χ1n) is 7.50. The maximum Gasteiger partial charge on any atom is 0.147 e. The summed E-state index contributed by atoms with van der Waals surface area (Å²) < 4.78 is 0.